The lowest BCUT2D eigenvalue weighted by atomic mass is 9.88. The number of nitrogens with zero attached hydrogens (tertiary/aromatic N) is 2. The summed E-state index contributed by atoms with van der Waals surface area (Å²) in [6.45, 7) is 8.40. The first-order valence-corrected chi connectivity index (χ1v) is 6.03. The van der Waals surface area contributed by atoms with Crippen LogP contribution in [-0.2, 0) is 5.41 Å². The Labute approximate surface area is 108 Å². The van der Waals surface area contributed by atoms with Crippen LogP contribution in [-0.4, -0.2) is 9.97 Å². The highest BCUT2D eigenvalue weighted by Gasteiger charge is 2.14. The van der Waals surface area contributed by atoms with Crippen LogP contribution in [0.5, 0.6) is 11.6 Å². The van der Waals surface area contributed by atoms with Gasteiger partial charge in [0, 0.05) is 18.5 Å². The number of rotatable bonds is 2. The van der Waals surface area contributed by atoms with Crippen molar-refractivity contribution in [3.05, 3.63) is 47.9 Å². The first kappa shape index (κ1) is 12.6. The van der Waals surface area contributed by atoms with Crippen molar-refractivity contribution >= 4 is 0 Å². The molecule has 2 aromatic rings. The molecule has 2 heterocycles. The highest BCUT2D eigenvalue weighted by Crippen LogP contribution is 2.25. The van der Waals surface area contributed by atoms with Gasteiger partial charge in [-0.15, -0.1) is 0 Å². The van der Waals surface area contributed by atoms with Gasteiger partial charge >= 0.3 is 0 Å². The molecule has 0 N–H and O–H groups in total. The third kappa shape index (κ3) is 2.86. The number of hydrogen-bond acceptors (Lipinski definition) is 3. The van der Waals surface area contributed by atoms with E-state index >= 15 is 0 Å². The Morgan fingerprint density at radius 1 is 1.06 bits per heavy atom. The Bertz CT molecular complexity index is 527. The van der Waals surface area contributed by atoms with Crippen LogP contribution >= 0.6 is 0 Å². The highest BCUT2D eigenvalue weighted by atomic mass is 16.5. The molecule has 94 valence electrons. The minimum atomic E-state index is 0.107. The average Bonchev–Trinajstić information content (AvgIpc) is 2.32. The molecule has 0 bridgehead atoms. The van der Waals surface area contributed by atoms with Crippen molar-refractivity contribution in [1.82, 2.24) is 9.97 Å². The summed E-state index contributed by atoms with van der Waals surface area (Å²) < 4.78 is 5.70. The van der Waals surface area contributed by atoms with Crippen molar-refractivity contribution < 1.29 is 4.74 Å². The van der Waals surface area contributed by atoms with Gasteiger partial charge in [0.25, 0.3) is 0 Å². The van der Waals surface area contributed by atoms with E-state index in [9.17, 15) is 0 Å². The zero-order valence-electron chi connectivity index (χ0n) is 11.3. The number of aryl methyl sites for hydroxylation is 1. The van der Waals surface area contributed by atoms with Crippen LogP contribution in [0.3, 0.4) is 0 Å². The van der Waals surface area contributed by atoms with Crippen molar-refractivity contribution in [3.63, 3.8) is 0 Å². The van der Waals surface area contributed by atoms with Crippen molar-refractivity contribution in [2.24, 2.45) is 0 Å². The summed E-state index contributed by atoms with van der Waals surface area (Å²) >= 11 is 0. The molecule has 0 saturated heterocycles. The van der Waals surface area contributed by atoms with Crippen molar-refractivity contribution in [2.75, 3.05) is 0 Å². The van der Waals surface area contributed by atoms with Crippen LogP contribution in [0.4, 0.5) is 0 Å². The SMILES string of the molecule is Cc1ncccc1Oc1ccc(C(C)(C)C)cn1. The molecule has 0 aliphatic heterocycles. The predicted molar refractivity (Wildman–Crippen MR) is 72.0 cm³/mol. The lowest BCUT2D eigenvalue weighted by molar-refractivity contribution is 0.454. The highest BCUT2D eigenvalue weighted by molar-refractivity contribution is 5.31. The maximum atomic E-state index is 5.70. The second-order valence-corrected chi connectivity index (χ2v) is 5.32. The smallest absolute Gasteiger partial charge is 0.219 e. The summed E-state index contributed by atoms with van der Waals surface area (Å²) in [6.07, 6.45) is 3.61. The van der Waals surface area contributed by atoms with Gasteiger partial charge in [-0.05, 0) is 30.0 Å². The van der Waals surface area contributed by atoms with Gasteiger partial charge in [0.05, 0.1) is 5.69 Å². The van der Waals surface area contributed by atoms with Gasteiger partial charge in [-0.1, -0.05) is 26.8 Å². The molecule has 0 aromatic carbocycles. The van der Waals surface area contributed by atoms with Gasteiger partial charge in [-0.2, -0.15) is 0 Å². The lowest BCUT2D eigenvalue weighted by Gasteiger charge is -2.18. The van der Waals surface area contributed by atoms with E-state index < -0.39 is 0 Å². The average molecular weight is 242 g/mol. The van der Waals surface area contributed by atoms with Crippen molar-refractivity contribution in [3.8, 4) is 11.6 Å². The Morgan fingerprint density at radius 2 is 1.83 bits per heavy atom. The maximum absolute atomic E-state index is 5.70. The third-order valence-corrected chi connectivity index (χ3v) is 2.78. The fraction of sp³-hybridized carbons (Fsp3) is 0.333. The van der Waals surface area contributed by atoms with E-state index in [1.165, 1.54) is 5.56 Å². The number of ether oxygens (including phenoxy) is 1. The molecule has 0 amide bonds. The van der Waals surface area contributed by atoms with Crippen LogP contribution < -0.4 is 4.74 Å². The van der Waals surface area contributed by atoms with E-state index in [-0.39, 0.29) is 5.41 Å². The standard InChI is InChI=1S/C15H18N2O/c1-11-13(6-5-9-16-11)18-14-8-7-12(10-17-14)15(2,3)4/h5-10H,1-4H3. The minimum Gasteiger partial charge on any atom is -0.437 e. The summed E-state index contributed by atoms with van der Waals surface area (Å²) in [6, 6.07) is 7.69. The molecule has 0 radical (unpaired) electrons. The number of pyridine rings is 2. The quantitative estimate of drug-likeness (QED) is 0.801. The van der Waals surface area contributed by atoms with Gasteiger partial charge in [0.2, 0.25) is 5.88 Å². The Kier molecular flexibility index (Phi) is 3.32. The lowest BCUT2D eigenvalue weighted by Crippen LogP contribution is -2.11. The summed E-state index contributed by atoms with van der Waals surface area (Å²) in [5.74, 6) is 1.34. The molecule has 3 nitrogen and oxygen atoms in total. The molecular formula is C15H18N2O. The molecule has 0 atom stereocenters. The third-order valence-electron chi connectivity index (χ3n) is 2.78. The van der Waals surface area contributed by atoms with Gasteiger partial charge in [0.1, 0.15) is 0 Å². The zero-order valence-corrected chi connectivity index (χ0v) is 11.3. The largest absolute Gasteiger partial charge is 0.437 e. The van der Waals surface area contributed by atoms with Crippen LogP contribution in [0.25, 0.3) is 0 Å². The van der Waals surface area contributed by atoms with Crippen LogP contribution in [0.2, 0.25) is 0 Å². The first-order valence-electron chi connectivity index (χ1n) is 6.03. The van der Waals surface area contributed by atoms with Crippen LogP contribution in [0.1, 0.15) is 32.0 Å². The molecule has 2 aromatic heterocycles. The second-order valence-electron chi connectivity index (χ2n) is 5.32. The normalized spacial score (nSPS) is 11.3. The number of aromatic nitrogens is 2. The number of hydrogen-bond donors (Lipinski definition) is 0. The van der Waals surface area contributed by atoms with E-state index in [1.54, 1.807) is 6.20 Å². The first-order chi connectivity index (χ1) is 8.47. The van der Waals surface area contributed by atoms with E-state index in [0.717, 1.165) is 11.4 Å². The molecule has 2 rings (SSSR count). The topological polar surface area (TPSA) is 35.0 Å². The fourth-order valence-corrected chi connectivity index (χ4v) is 1.57. The summed E-state index contributed by atoms with van der Waals surface area (Å²) in [5.41, 5.74) is 2.16. The Hall–Kier alpha value is -1.90. The summed E-state index contributed by atoms with van der Waals surface area (Å²) in [5, 5.41) is 0. The van der Waals surface area contributed by atoms with Crippen LogP contribution in [0.15, 0.2) is 36.7 Å². The van der Waals surface area contributed by atoms with E-state index in [0.29, 0.717) is 5.88 Å². The monoisotopic (exact) mass is 242 g/mol. The van der Waals surface area contributed by atoms with E-state index in [1.807, 2.05) is 37.4 Å². The molecule has 3 heteroatoms. The van der Waals surface area contributed by atoms with E-state index in [4.69, 9.17) is 4.74 Å². The molecule has 0 aliphatic carbocycles. The molecule has 0 aliphatic rings. The van der Waals surface area contributed by atoms with Crippen LogP contribution in [0, 0.1) is 6.92 Å². The van der Waals surface area contributed by atoms with Gasteiger partial charge in [0.15, 0.2) is 5.75 Å². The van der Waals surface area contributed by atoms with Gasteiger partial charge in [-0.25, -0.2) is 4.98 Å². The molecule has 0 unspecified atom stereocenters. The molecule has 0 spiro atoms. The van der Waals surface area contributed by atoms with Crippen molar-refractivity contribution in [2.45, 2.75) is 33.1 Å². The summed E-state index contributed by atoms with van der Waals surface area (Å²) in [7, 11) is 0. The van der Waals surface area contributed by atoms with Crippen molar-refractivity contribution in [1.29, 1.82) is 0 Å². The summed E-state index contributed by atoms with van der Waals surface area (Å²) in [4.78, 5) is 8.51. The molecule has 0 saturated carbocycles. The molecule has 0 fully saturated rings. The van der Waals surface area contributed by atoms with E-state index in [2.05, 4.69) is 30.7 Å². The predicted octanol–water partition coefficient (Wildman–Crippen LogP) is 3.87. The van der Waals surface area contributed by atoms with Gasteiger partial charge < -0.3 is 4.74 Å². The Balaban J connectivity index is 2.19. The molecule has 18 heavy (non-hydrogen) atoms. The minimum absolute atomic E-state index is 0.107. The maximum Gasteiger partial charge on any atom is 0.219 e. The van der Waals surface area contributed by atoms with Gasteiger partial charge in [-0.3, -0.25) is 4.98 Å². The second kappa shape index (κ2) is 4.77. The molecular weight excluding hydrogens is 224 g/mol. The Morgan fingerprint density at radius 3 is 2.39 bits per heavy atom. The fourth-order valence-electron chi connectivity index (χ4n) is 1.57. The zero-order chi connectivity index (χ0) is 13.2.